The summed E-state index contributed by atoms with van der Waals surface area (Å²) >= 11 is 0. The lowest BCUT2D eigenvalue weighted by atomic mass is 10.1. The number of primary sulfonamides is 1. The van der Waals surface area contributed by atoms with Crippen LogP contribution in [-0.4, -0.2) is 41.3 Å². The van der Waals surface area contributed by atoms with Crippen molar-refractivity contribution in [2.24, 2.45) is 5.14 Å². The minimum absolute atomic E-state index is 0.0620. The zero-order chi connectivity index (χ0) is 19.7. The van der Waals surface area contributed by atoms with E-state index in [-0.39, 0.29) is 10.9 Å². The van der Waals surface area contributed by atoms with Crippen LogP contribution in [0.25, 0.3) is 0 Å². The fourth-order valence-electron chi connectivity index (χ4n) is 2.29. The summed E-state index contributed by atoms with van der Waals surface area (Å²) in [6.07, 6.45) is 0.566. The first-order valence-electron chi connectivity index (χ1n) is 8.29. The average Bonchev–Trinajstić information content (AvgIpc) is 2.65. The minimum atomic E-state index is -3.69. The Morgan fingerprint density at radius 3 is 2.26 bits per heavy atom. The molecule has 0 atom stereocenters. The summed E-state index contributed by atoms with van der Waals surface area (Å²) < 4.78 is 33.1. The van der Waals surface area contributed by atoms with Crippen LogP contribution in [0.2, 0.25) is 0 Å². The molecule has 146 valence electrons. The fraction of sp³-hybridized carbons (Fsp3) is 0.278. The third-order valence-corrected chi connectivity index (χ3v) is 4.59. The number of rotatable bonds is 9. The highest BCUT2D eigenvalue weighted by atomic mass is 32.2. The van der Waals surface area contributed by atoms with Gasteiger partial charge in [-0.1, -0.05) is 24.3 Å². The predicted octanol–water partition coefficient (Wildman–Crippen LogP) is 1.26. The molecule has 0 aliphatic carbocycles. The molecule has 0 heterocycles. The number of methoxy groups -OCH3 is 1. The van der Waals surface area contributed by atoms with E-state index in [1.165, 1.54) is 12.1 Å². The molecular formula is C18H23N3O5S. The SMILES string of the molecule is COc1ccccc1OCCNC(=O)NCCc1ccc(S(N)(=O)=O)cc1. The number of urea groups is 1. The van der Waals surface area contributed by atoms with Gasteiger partial charge in [0.25, 0.3) is 0 Å². The smallest absolute Gasteiger partial charge is 0.314 e. The van der Waals surface area contributed by atoms with Crippen LogP contribution in [0.5, 0.6) is 11.5 Å². The maximum absolute atomic E-state index is 11.8. The Kier molecular flexibility index (Phi) is 7.44. The molecule has 0 aromatic heterocycles. The summed E-state index contributed by atoms with van der Waals surface area (Å²) in [6, 6.07) is 13.2. The standard InChI is InChI=1S/C18H23N3O5S/c1-25-16-4-2-3-5-17(16)26-13-12-21-18(22)20-11-10-14-6-8-15(9-7-14)27(19,23)24/h2-9H,10-13H2,1H3,(H2,19,23,24)(H2,20,21,22). The number of hydrogen-bond donors (Lipinski definition) is 3. The van der Waals surface area contributed by atoms with Crippen LogP contribution in [0, 0.1) is 0 Å². The third kappa shape index (κ3) is 6.80. The Balaban J connectivity index is 1.65. The predicted molar refractivity (Wildman–Crippen MR) is 101 cm³/mol. The highest BCUT2D eigenvalue weighted by Gasteiger charge is 2.07. The van der Waals surface area contributed by atoms with Crippen LogP contribution in [0.3, 0.4) is 0 Å². The summed E-state index contributed by atoms with van der Waals surface area (Å²) in [4.78, 5) is 11.8. The number of amides is 2. The Morgan fingerprint density at radius 2 is 1.63 bits per heavy atom. The van der Waals surface area contributed by atoms with E-state index in [1.54, 1.807) is 31.4 Å². The molecule has 0 bridgehead atoms. The number of nitrogens with two attached hydrogens (primary N) is 1. The molecule has 0 spiro atoms. The zero-order valence-corrected chi connectivity index (χ0v) is 15.8. The van der Waals surface area contributed by atoms with Gasteiger partial charge in [-0.05, 0) is 36.2 Å². The molecule has 2 rings (SSSR count). The highest BCUT2D eigenvalue weighted by molar-refractivity contribution is 7.89. The monoisotopic (exact) mass is 393 g/mol. The molecule has 0 fully saturated rings. The van der Waals surface area contributed by atoms with Gasteiger partial charge in [-0.2, -0.15) is 0 Å². The molecule has 2 aromatic carbocycles. The van der Waals surface area contributed by atoms with Gasteiger partial charge in [0.2, 0.25) is 10.0 Å². The number of ether oxygens (including phenoxy) is 2. The summed E-state index contributed by atoms with van der Waals surface area (Å²) in [5.74, 6) is 1.25. The van der Waals surface area contributed by atoms with E-state index < -0.39 is 10.0 Å². The Bertz CT molecular complexity index is 854. The van der Waals surface area contributed by atoms with Gasteiger partial charge in [-0.15, -0.1) is 0 Å². The topological polar surface area (TPSA) is 120 Å². The van der Waals surface area contributed by atoms with E-state index in [2.05, 4.69) is 10.6 Å². The summed E-state index contributed by atoms with van der Waals surface area (Å²) in [6.45, 7) is 1.06. The number of benzene rings is 2. The van der Waals surface area contributed by atoms with Crippen LogP contribution in [-0.2, 0) is 16.4 Å². The van der Waals surface area contributed by atoms with E-state index in [0.717, 1.165) is 5.56 Å². The number of carbonyl (C=O) groups excluding carboxylic acids is 1. The van der Waals surface area contributed by atoms with Crippen molar-refractivity contribution in [2.45, 2.75) is 11.3 Å². The fourth-order valence-corrected chi connectivity index (χ4v) is 2.81. The van der Waals surface area contributed by atoms with E-state index >= 15 is 0 Å². The van der Waals surface area contributed by atoms with Crippen molar-refractivity contribution in [2.75, 3.05) is 26.8 Å². The quantitative estimate of drug-likeness (QED) is 0.554. The summed E-state index contributed by atoms with van der Waals surface area (Å²) in [7, 11) is -2.12. The largest absolute Gasteiger partial charge is 0.493 e. The first kappa shape index (κ1) is 20.5. The molecule has 27 heavy (non-hydrogen) atoms. The molecule has 0 aliphatic heterocycles. The Labute approximate surface area is 158 Å². The van der Waals surface area contributed by atoms with Crippen molar-refractivity contribution in [3.8, 4) is 11.5 Å². The van der Waals surface area contributed by atoms with Gasteiger partial charge in [0.1, 0.15) is 6.61 Å². The van der Waals surface area contributed by atoms with Crippen LogP contribution in [0.15, 0.2) is 53.4 Å². The van der Waals surface area contributed by atoms with Crippen LogP contribution in [0.1, 0.15) is 5.56 Å². The molecule has 8 nitrogen and oxygen atoms in total. The second-order valence-corrected chi connectivity index (χ2v) is 7.18. The molecule has 2 aromatic rings. The second-order valence-electron chi connectivity index (χ2n) is 5.62. The lowest BCUT2D eigenvalue weighted by Crippen LogP contribution is -2.38. The lowest BCUT2D eigenvalue weighted by Gasteiger charge is -2.11. The van der Waals surface area contributed by atoms with Gasteiger partial charge < -0.3 is 20.1 Å². The van der Waals surface area contributed by atoms with Crippen molar-refractivity contribution >= 4 is 16.1 Å². The van der Waals surface area contributed by atoms with Gasteiger partial charge in [-0.3, -0.25) is 0 Å². The summed E-state index contributed by atoms with van der Waals surface area (Å²) in [5.41, 5.74) is 0.891. The van der Waals surface area contributed by atoms with Gasteiger partial charge in [0.05, 0.1) is 18.6 Å². The van der Waals surface area contributed by atoms with Gasteiger partial charge in [0, 0.05) is 6.54 Å². The van der Waals surface area contributed by atoms with E-state index in [0.29, 0.717) is 37.6 Å². The molecule has 2 amide bonds. The number of sulfonamides is 1. The van der Waals surface area contributed by atoms with Gasteiger partial charge >= 0.3 is 6.03 Å². The average molecular weight is 393 g/mol. The Morgan fingerprint density at radius 1 is 1.00 bits per heavy atom. The molecule has 4 N–H and O–H groups in total. The molecular weight excluding hydrogens is 370 g/mol. The molecule has 0 radical (unpaired) electrons. The second kappa shape index (κ2) is 9.79. The Hall–Kier alpha value is -2.78. The van der Waals surface area contributed by atoms with E-state index in [4.69, 9.17) is 14.6 Å². The number of nitrogens with one attached hydrogen (secondary N) is 2. The van der Waals surface area contributed by atoms with Crippen molar-refractivity contribution in [1.82, 2.24) is 10.6 Å². The highest BCUT2D eigenvalue weighted by Crippen LogP contribution is 2.25. The zero-order valence-electron chi connectivity index (χ0n) is 15.0. The number of carbonyl (C=O) groups is 1. The molecule has 0 unspecified atom stereocenters. The van der Waals surface area contributed by atoms with Crippen LogP contribution < -0.4 is 25.2 Å². The van der Waals surface area contributed by atoms with Gasteiger partial charge in [-0.25, -0.2) is 18.4 Å². The van der Waals surface area contributed by atoms with Crippen LogP contribution >= 0.6 is 0 Å². The minimum Gasteiger partial charge on any atom is -0.493 e. The van der Waals surface area contributed by atoms with E-state index in [9.17, 15) is 13.2 Å². The first-order chi connectivity index (χ1) is 12.9. The normalized spacial score (nSPS) is 10.9. The first-order valence-corrected chi connectivity index (χ1v) is 9.84. The van der Waals surface area contributed by atoms with Crippen molar-refractivity contribution in [3.05, 3.63) is 54.1 Å². The molecule has 9 heteroatoms. The third-order valence-electron chi connectivity index (χ3n) is 3.67. The number of hydrogen-bond acceptors (Lipinski definition) is 5. The molecule has 0 saturated carbocycles. The van der Waals surface area contributed by atoms with Crippen LogP contribution in [0.4, 0.5) is 4.79 Å². The molecule has 0 saturated heterocycles. The van der Waals surface area contributed by atoms with E-state index in [1.807, 2.05) is 12.1 Å². The van der Waals surface area contributed by atoms with Crippen molar-refractivity contribution < 1.29 is 22.7 Å². The maximum Gasteiger partial charge on any atom is 0.314 e. The molecule has 0 aliphatic rings. The van der Waals surface area contributed by atoms with Gasteiger partial charge in [0.15, 0.2) is 11.5 Å². The lowest BCUT2D eigenvalue weighted by molar-refractivity contribution is 0.235. The number of para-hydroxylation sites is 2. The maximum atomic E-state index is 11.8. The van der Waals surface area contributed by atoms with Crippen molar-refractivity contribution in [1.29, 1.82) is 0 Å². The summed E-state index contributed by atoms with van der Waals surface area (Å²) in [5, 5.41) is 10.5. The van der Waals surface area contributed by atoms with Crippen molar-refractivity contribution in [3.63, 3.8) is 0 Å².